The number of amides is 3. The molecule has 4 N–H and O–H groups in total. The molecule has 2 aromatic carbocycles. The van der Waals surface area contributed by atoms with Crippen LogP contribution in [0.3, 0.4) is 0 Å². The largest absolute Gasteiger partial charge is 0.469 e. The maximum Gasteiger partial charge on any atom is 0.305 e. The number of hydroxylamine groups is 1. The maximum atomic E-state index is 12.1. The van der Waals surface area contributed by atoms with E-state index in [2.05, 4.69) is 15.4 Å². The summed E-state index contributed by atoms with van der Waals surface area (Å²) in [6.45, 7) is 0. The molecule has 2 rings (SSSR count). The molecule has 0 heterocycles. The second-order valence-electron chi connectivity index (χ2n) is 10.2. The topological polar surface area (TPSA) is 152 Å². The molecular formula is C33H49N3O8. The molecule has 0 saturated heterocycles. The molecule has 3 amide bonds. The van der Waals surface area contributed by atoms with Gasteiger partial charge in [-0.3, -0.25) is 24.4 Å². The number of ether oxygens (including phenoxy) is 3. The molecule has 0 aromatic heterocycles. The van der Waals surface area contributed by atoms with E-state index in [1.54, 1.807) is 12.6 Å². The van der Waals surface area contributed by atoms with Crippen molar-refractivity contribution in [3.8, 4) is 0 Å². The minimum Gasteiger partial charge on any atom is -0.469 e. The number of para-hydroxylation sites is 2. The Kier molecular flexibility index (Phi) is 21.4. The van der Waals surface area contributed by atoms with Gasteiger partial charge in [-0.05, 0) is 49.9 Å². The predicted molar refractivity (Wildman–Crippen MR) is 169 cm³/mol. The van der Waals surface area contributed by atoms with Crippen LogP contribution in [0.15, 0.2) is 60.7 Å². The van der Waals surface area contributed by atoms with Gasteiger partial charge in [0.05, 0.1) is 7.11 Å². The van der Waals surface area contributed by atoms with Crippen LogP contribution >= 0.6 is 0 Å². The van der Waals surface area contributed by atoms with Gasteiger partial charge in [0, 0.05) is 38.4 Å². The lowest BCUT2D eigenvalue weighted by Gasteiger charge is -2.15. The highest BCUT2D eigenvalue weighted by Crippen LogP contribution is 2.14. The van der Waals surface area contributed by atoms with Crippen molar-refractivity contribution in [2.24, 2.45) is 0 Å². The van der Waals surface area contributed by atoms with Crippen LogP contribution in [-0.2, 0) is 33.4 Å². The predicted octanol–water partition coefficient (Wildman–Crippen LogP) is 5.64. The molecule has 0 fully saturated rings. The standard InChI is InChI=1S/C17H25NO4.C16H24N2O4/c1-21-15(12-8-3-4-9-13-16(19)22-2)17(20)18-14-10-6-5-7-11-14;1-22-14(11-7-2-3-8-12-15(19)18-21)16(20)17-13-9-5-4-6-10-13/h5-7,10-11,15H,3-4,8-9,12-13H2,1-2H3,(H,18,20);4-6,9-10,14,21H,2-3,7-8,11-12H2,1H3,(H,17,20)(H,18,19). The molecule has 0 aliphatic heterocycles. The summed E-state index contributed by atoms with van der Waals surface area (Å²) in [6.07, 6.45) is 8.17. The zero-order valence-electron chi connectivity index (χ0n) is 26.2. The van der Waals surface area contributed by atoms with Crippen LogP contribution in [-0.4, -0.2) is 62.4 Å². The van der Waals surface area contributed by atoms with E-state index < -0.39 is 12.2 Å². The number of hydrogen-bond donors (Lipinski definition) is 4. The SMILES string of the molecule is COC(=O)CCCCCCC(OC)C(=O)Nc1ccccc1.COC(CCCCCCC(=O)NO)C(=O)Nc1ccccc1. The summed E-state index contributed by atoms with van der Waals surface area (Å²) in [4.78, 5) is 46.0. The van der Waals surface area contributed by atoms with Crippen molar-refractivity contribution in [2.75, 3.05) is 32.0 Å². The van der Waals surface area contributed by atoms with E-state index in [1.807, 2.05) is 60.7 Å². The first-order valence-electron chi connectivity index (χ1n) is 15.1. The fourth-order valence-corrected chi connectivity index (χ4v) is 4.28. The molecule has 44 heavy (non-hydrogen) atoms. The van der Waals surface area contributed by atoms with Gasteiger partial charge < -0.3 is 24.8 Å². The van der Waals surface area contributed by atoms with Crippen molar-refractivity contribution in [3.05, 3.63) is 60.7 Å². The van der Waals surface area contributed by atoms with Gasteiger partial charge in [0.1, 0.15) is 12.2 Å². The van der Waals surface area contributed by atoms with Gasteiger partial charge >= 0.3 is 5.97 Å². The minimum atomic E-state index is -0.471. The summed E-state index contributed by atoms with van der Waals surface area (Å²) in [6, 6.07) is 18.6. The first kappa shape index (κ1) is 38.2. The molecule has 244 valence electrons. The summed E-state index contributed by atoms with van der Waals surface area (Å²) >= 11 is 0. The van der Waals surface area contributed by atoms with E-state index in [4.69, 9.17) is 14.7 Å². The Morgan fingerprint density at radius 1 is 0.614 bits per heavy atom. The molecule has 0 radical (unpaired) electrons. The Morgan fingerprint density at radius 2 is 1.02 bits per heavy atom. The summed E-state index contributed by atoms with van der Waals surface area (Å²) in [7, 11) is 4.48. The van der Waals surface area contributed by atoms with Gasteiger partial charge in [-0.2, -0.15) is 0 Å². The number of anilines is 2. The van der Waals surface area contributed by atoms with Crippen molar-refractivity contribution in [1.29, 1.82) is 0 Å². The van der Waals surface area contributed by atoms with Crippen molar-refractivity contribution in [1.82, 2.24) is 5.48 Å². The van der Waals surface area contributed by atoms with Gasteiger partial charge in [-0.15, -0.1) is 0 Å². The highest BCUT2D eigenvalue weighted by molar-refractivity contribution is 5.94. The average Bonchev–Trinajstić information content (AvgIpc) is 3.04. The summed E-state index contributed by atoms with van der Waals surface area (Å²) < 4.78 is 15.1. The Hall–Kier alpha value is -3.80. The summed E-state index contributed by atoms with van der Waals surface area (Å²) in [5, 5.41) is 14.0. The quantitative estimate of drug-likeness (QED) is 0.0646. The smallest absolute Gasteiger partial charge is 0.305 e. The third-order valence-electron chi connectivity index (χ3n) is 6.81. The number of carbonyl (C=O) groups is 4. The molecule has 11 heteroatoms. The van der Waals surface area contributed by atoms with Crippen molar-refractivity contribution >= 4 is 35.1 Å². The second-order valence-corrected chi connectivity index (χ2v) is 10.2. The van der Waals surface area contributed by atoms with Gasteiger partial charge in [-0.25, -0.2) is 5.48 Å². The number of benzene rings is 2. The lowest BCUT2D eigenvalue weighted by Crippen LogP contribution is -2.29. The van der Waals surface area contributed by atoms with Crippen LogP contribution in [0.4, 0.5) is 11.4 Å². The fraction of sp³-hybridized carbons (Fsp3) is 0.515. The van der Waals surface area contributed by atoms with E-state index in [0.717, 1.165) is 62.7 Å². The van der Waals surface area contributed by atoms with E-state index in [0.29, 0.717) is 25.7 Å². The van der Waals surface area contributed by atoms with Gasteiger partial charge in [0.25, 0.3) is 11.8 Å². The molecule has 0 spiro atoms. The first-order chi connectivity index (χ1) is 21.3. The number of unbranched alkanes of at least 4 members (excludes halogenated alkanes) is 6. The number of rotatable bonds is 20. The highest BCUT2D eigenvalue weighted by atomic mass is 16.5. The molecule has 2 unspecified atom stereocenters. The number of methoxy groups -OCH3 is 3. The van der Waals surface area contributed by atoms with Crippen LogP contribution in [0.1, 0.15) is 77.0 Å². The molecule has 0 aliphatic carbocycles. The molecule has 0 bridgehead atoms. The van der Waals surface area contributed by atoms with Gasteiger partial charge in [-0.1, -0.05) is 74.9 Å². The number of esters is 1. The molecule has 0 aliphatic rings. The van der Waals surface area contributed by atoms with E-state index in [9.17, 15) is 19.2 Å². The molecule has 2 aromatic rings. The molecule has 2 atom stereocenters. The van der Waals surface area contributed by atoms with Gasteiger partial charge in [0.2, 0.25) is 5.91 Å². The van der Waals surface area contributed by atoms with E-state index in [-0.39, 0.29) is 23.7 Å². The molecular weight excluding hydrogens is 566 g/mol. The average molecular weight is 616 g/mol. The third-order valence-corrected chi connectivity index (χ3v) is 6.81. The Morgan fingerprint density at radius 3 is 1.41 bits per heavy atom. The maximum absolute atomic E-state index is 12.1. The van der Waals surface area contributed by atoms with Crippen LogP contribution in [0, 0.1) is 0 Å². The van der Waals surface area contributed by atoms with Crippen LogP contribution in [0.2, 0.25) is 0 Å². The van der Waals surface area contributed by atoms with Crippen molar-refractivity contribution in [3.63, 3.8) is 0 Å². The van der Waals surface area contributed by atoms with Crippen LogP contribution in [0.25, 0.3) is 0 Å². The van der Waals surface area contributed by atoms with Crippen LogP contribution in [0.5, 0.6) is 0 Å². The zero-order valence-corrected chi connectivity index (χ0v) is 26.2. The summed E-state index contributed by atoms with van der Waals surface area (Å²) in [5.41, 5.74) is 3.13. The zero-order chi connectivity index (χ0) is 32.4. The van der Waals surface area contributed by atoms with Crippen LogP contribution < -0.4 is 16.1 Å². The summed E-state index contributed by atoms with van der Waals surface area (Å²) in [5.74, 6) is -0.800. The number of carbonyl (C=O) groups excluding carboxylic acids is 4. The fourth-order valence-electron chi connectivity index (χ4n) is 4.28. The lowest BCUT2D eigenvalue weighted by molar-refractivity contribution is -0.140. The first-order valence-corrected chi connectivity index (χ1v) is 15.1. The molecule has 0 saturated carbocycles. The normalized spacial score (nSPS) is 11.7. The highest BCUT2D eigenvalue weighted by Gasteiger charge is 2.18. The molecule has 11 nitrogen and oxygen atoms in total. The number of nitrogens with one attached hydrogen (secondary N) is 3. The van der Waals surface area contributed by atoms with E-state index >= 15 is 0 Å². The Balaban J connectivity index is 0.000000440. The van der Waals surface area contributed by atoms with Gasteiger partial charge in [0.15, 0.2) is 0 Å². The Labute approximate surface area is 261 Å². The Bertz CT molecular complexity index is 984. The van der Waals surface area contributed by atoms with E-state index in [1.165, 1.54) is 14.2 Å². The minimum absolute atomic E-state index is 0.122. The second kappa shape index (κ2) is 24.6. The lowest BCUT2D eigenvalue weighted by atomic mass is 10.1. The monoisotopic (exact) mass is 615 g/mol. The van der Waals surface area contributed by atoms with Crippen molar-refractivity contribution in [2.45, 2.75) is 89.3 Å². The third kappa shape index (κ3) is 18.0. The van der Waals surface area contributed by atoms with Crippen molar-refractivity contribution < 1.29 is 38.6 Å². The number of hydrogen-bond acceptors (Lipinski definition) is 8.